The van der Waals surface area contributed by atoms with Crippen molar-refractivity contribution in [1.82, 2.24) is 4.98 Å². The summed E-state index contributed by atoms with van der Waals surface area (Å²) in [5.74, 6) is -0.0835. The number of benzene rings is 2. The Morgan fingerprint density at radius 2 is 1.76 bits per heavy atom. The fourth-order valence-electron chi connectivity index (χ4n) is 3.53. The summed E-state index contributed by atoms with van der Waals surface area (Å²) >= 11 is 1.54. The van der Waals surface area contributed by atoms with E-state index >= 15 is 0 Å². The van der Waals surface area contributed by atoms with E-state index in [1.165, 1.54) is 12.1 Å². The van der Waals surface area contributed by atoms with Crippen LogP contribution in [0.2, 0.25) is 0 Å². The lowest BCUT2D eigenvalue weighted by atomic mass is 9.89. The Morgan fingerprint density at radius 3 is 2.32 bits per heavy atom. The van der Waals surface area contributed by atoms with Gasteiger partial charge in [0, 0.05) is 27.8 Å². The largest absolute Gasteiger partial charge is 0.493 e. The minimum absolute atomic E-state index is 0.000235. The molecule has 8 heteroatoms. The van der Waals surface area contributed by atoms with E-state index in [1.54, 1.807) is 23.5 Å². The first kappa shape index (κ1) is 27.4. The van der Waals surface area contributed by atoms with Crippen LogP contribution < -0.4 is 4.74 Å². The zero-order valence-corrected chi connectivity index (χ0v) is 20.8. The van der Waals surface area contributed by atoms with Crippen LogP contribution in [0.5, 0.6) is 5.75 Å². The molecule has 0 spiro atoms. The third-order valence-corrected chi connectivity index (χ3v) is 6.39. The highest BCUT2D eigenvalue weighted by molar-refractivity contribution is 7.15. The van der Waals surface area contributed by atoms with Crippen LogP contribution in [0.4, 0.5) is 13.2 Å². The van der Waals surface area contributed by atoms with E-state index in [4.69, 9.17) is 14.8 Å². The maximum absolute atomic E-state index is 12.8. The zero-order valence-electron chi connectivity index (χ0n) is 20.0. The Hall–Kier alpha value is -2.87. The summed E-state index contributed by atoms with van der Waals surface area (Å²) in [5.41, 5.74) is 3.37. The molecule has 0 amide bonds. The molecular weight excluding hydrogens is 463 g/mol. The summed E-state index contributed by atoms with van der Waals surface area (Å²) in [4.78, 5) is 16.7. The Balaban J connectivity index is 0.00000199. The monoisotopic (exact) mass is 493 g/mol. The molecule has 34 heavy (non-hydrogen) atoms. The number of aryl methyl sites for hydroxylation is 3. The van der Waals surface area contributed by atoms with Crippen molar-refractivity contribution < 1.29 is 27.8 Å². The van der Waals surface area contributed by atoms with Crippen LogP contribution in [-0.4, -0.2) is 29.8 Å². The van der Waals surface area contributed by atoms with Crippen molar-refractivity contribution in [2.45, 2.75) is 52.4 Å². The minimum Gasteiger partial charge on any atom is -0.493 e. The van der Waals surface area contributed by atoms with Gasteiger partial charge in [0.1, 0.15) is 10.8 Å². The second-order valence-corrected chi connectivity index (χ2v) is 9.70. The number of aromatic nitrogens is 1. The number of hydrogen-bond donors (Lipinski definition) is 1. The number of ether oxygens (including phenoxy) is 1. The van der Waals surface area contributed by atoms with Gasteiger partial charge in [-0.3, -0.25) is 9.18 Å². The molecule has 0 saturated heterocycles. The van der Waals surface area contributed by atoms with Gasteiger partial charge >= 0.3 is 5.97 Å². The minimum atomic E-state index is -2.48. The van der Waals surface area contributed by atoms with Crippen LogP contribution in [-0.2, 0) is 16.6 Å². The first-order valence-corrected chi connectivity index (χ1v) is 11.6. The lowest BCUT2D eigenvalue weighted by Gasteiger charge is -2.24. The van der Waals surface area contributed by atoms with Gasteiger partial charge in [0.15, 0.2) is 0 Å². The zero-order chi connectivity index (χ0) is 25.5. The number of halogens is 3. The van der Waals surface area contributed by atoms with Gasteiger partial charge in [0.05, 0.1) is 19.5 Å². The van der Waals surface area contributed by atoms with Crippen molar-refractivity contribution in [2.75, 3.05) is 13.8 Å². The summed E-state index contributed by atoms with van der Waals surface area (Å²) in [7, 11) is 0.500. The molecule has 0 bridgehead atoms. The molecule has 4 nitrogen and oxygen atoms in total. The second-order valence-electron chi connectivity index (χ2n) is 8.50. The summed E-state index contributed by atoms with van der Waals surface area (Å²) in [6.45, 7) is 8.49. The quantitative estimate of drug-likeness (QED) is 0.339. The van der Waals surface area contributed by atoms with Crippen LogP contribution in [0.1, 0.15) is 54.0 Å². The Bertz CT molecular complexity index is 1100. The molecule has 0 atom stereocenters. The van der Waals surface area contributed by atoms with Crippen molar-refractivity contribution in [3.8, 4) is 16.3 Å². The van der Waals surface area contributed by atoms with Crippen molar-refractivity contribution in [1.29, 1.82) is 0 Å². The lowest BCUT2D eigenvalue weighted by Crippen LogP contribution is -2.27. The van der Waals surface area contributed by atoms with E-state index in [-0.39, 0.29) is 17.4 Å². The molecule has 1 N–H and O–H groups in total. The molecule has 3 aromatic rings. The number of aliphatic carboxylic acids is 1. The van der Waals surface area contributed by atoms with E-state index < -0.39 is 12.4 Å². The molecule has 0 fully saturated rings. The van der Waals surface area contributed by atoms with E-state index in [1.807, 2.05) is 32.0 Å². The predicted molar refractivity (Wildman–Crippen MR) is 130 cm³/mol. The number of alkyl halides is 3. The highest BCUT2D eigenvalue weighted by atomic mass is 32.1. The van der Waals surface area contributed by atoms with Crippen molar-refractivity contribution in [2.24, 2.45) is 0 Å². The molecule has 1 heterocycles. The van der Waals surface area contributed by atoms with Crippen LogP contribution >= 0.6 is 11.3 Å². The van der Waals surface area contributed by atoms with Gasteiger partial charge in [-0.1, -0.05) is 44.2 Å². The molecular formula is C26H30F3NO3S. The van der Waals surface area contributed by atoms with Crippen molar-refractivity contribution in [3.05, 3.63) is 69.7 Å². The average molecular weight is 494 g/mol. The number of thiazole rings is 1. The van der Waals surface area contributed by atoms with Crippen LogP contribution in [0.3, 0.4) is 0 Å². The normalized spacial score (nSPS) is 11.2. The first-order chi connectivity index (χ1) is 16.1. The Kier molecular flexibility index (Phi) is 9.67. The standard InChI is InChI=1S/C25H27F2NO3S.CH3F/c1-15-13-20(11-9-17(15)10-12-21(29)30)31-14-25(3,4)22-16(2)32-24(28-22)19-7-5-18(6-8-19)23(26)27;1-2/h5-9,11,13,23H,10,12,14H2,1-4H3,(H,29,30);1H3. The molecule has 0 aliphatic heterocycles. The Morgan fingerprint density at radius 1 is 1.12 bits per heavy atom. The molecule has 0 aliphatic rings. The predicted octanol–water partition coefficient (Wildman–Crippen LogP) is 7.32. The number of hydrogen-bond acceptors (Lipinski definition) is 4. The fraction of sp³-hybridized carbons (Fsp3) is 0.385. The molecule has 1 aromatic heterocycles. The average Bonchev–Trinajstić information content (AvgIpc) is 3.21. The van der Waals surface area contributed by atoms with E-state index in [2.05, 4.69) is 13.8 Å². The summed E-state index contributed by atoms with van der Waals surface area (Å²) in [5, 5.41) is 9.67. The topological polar surface area (TPSA) is 59.4 Å². The van der Waals surface area contributed by atoms with Gasteiger partial charge in [-0.2, -0.15) is 0 Å². The number of carboxylic acids is 1. The highest BCUT2D eigenvalue weighted by Gasteiger charge is 2.28. The highest BCUT2D eigenvalue weighted by Crippen LogP contribution is 2.35. The van der Waals surface area contributed by atoms with Gasteiger partial charge < -0.3 is 9.84 Å². The van der Waals surface area contributed by atoms with Crippen LogP contribution in [0.15, 0.2) is 42.5 Å². The number of rotatable bonds is 9. The van der Waals surface area contributed by atoms with E-state index in [0.29, 0.717) is 20.2 Å². The summed E-state index contributed by atoms with van der Waals surface area (Å²) < 4.78 is 41.2. The maximum Gasteiger partial charge on any atom is 0.303 e. The molecule has 0 aliphatic carbocycles. The summed E-state index contributed by atoms with van der Waals surface area (Å²) in [6, 6.07) is 11.9. The Labute approximate surface area is 202 Å². The van der Waals surface area contributed by atoms with Gasteiger partial charge in [-0.15, -0.1) is 11.3 Å². The third kappa shape index (κ3) is 7.06. The van der Waals surface area contributed by atoms with Crippen LogP contribution in [0, 0.1) is 13.8 Å². The molecule has 0 saturated carbocycles. The number of carboxylic acid groups (broad SMARTS) is 1. The van der Waals surface area contributed by atoms with Gasteiger partial charge in [0.2, 0.25) is 0 Å². The SMILES string of the molecule is CF.Cc1cc(OCC(C)(C)c2nc(-c3ccc(C(F)F)cc3)sc2C)ccc1CCC(=O)O. The van der Waals surface area contributed by atoms with Crippen LogP contribution in [0.25, 0.3) is 10.6 Å². The number of nitrogens with zero attached hydrogens (tertiary/aromatic N) is 1. The second kappa shape index (κ2) is 12.0. The smallest absolute Gasteiger partial charge is 0.303 e. The van der Waals surface area contributed by atoms with Gasteiger partial charge in [0.25, 0.3) is 6.43 Å². The number of carbonyl (C=O) groups is 1. The maximum atomic E-state index is 12.8. The van der Waals surface area contributed by atoms with Gasteiger partial charge in [-0.25, -0.2) is 13.8 Å². The first-order valence-electron chi connectivity index (χ1n) is 10.7. The van der Waals surface area contributed by atoms with E-state index in [0.717, 1.165) is 38.0 Å². The molecule has 0 unspecified atom stereocenters. The third-order valence-electron chi connectivity index (χ3n) is 5.37. The molecule has 184 valence electrons. The van der Waals surface area contributed by atoms with Crippen molar-refractivity contribution in [3.63, 3.8) is 0 Å². The molecule has 2 aromatic carbocycles. The lowest BCUT2D eigenvalue weighted by molar-refractivity contribution is -0.136. The summed E-state index contributed by atoms with van der Waals surface area (Å²) in [6.07, 6.45) is -1.89. The van der Waals surface area contributed by atoms with E-state index in [9.17, 15) is 18.0 Å². The fourth-order valence-corrected chi connectivity index (χ4v) is 4.63. The molecule has 3 rings (SSSR count). The van der Waals surface area contributed by atoms with Crippen molar-refractivity contribution >= 4 is 17.3 Å². The van der Waals surface area contributed by atoms with Gasteiger partial charge in [-0.05, 0) is 43.5 Å². The molecule has 0 radical (unpaired) electrons.